The first-order valence-corrected chi connectivity index (χ1v) is 8.50. The molecule has 2 heterocycles. The largest absolute Gasteiger partial charge is 0.479 e. The molecule has 1 aromatic carbocycles. The van der Waals surface area contributed by atoms with Crippen molar-refractivity contribution in [1.29, 1.82) is 0 Å². The molecule has 0 bridgehead atoms. The lowest BCUT2D eigenvalue weighted by atomic mass is 9.91. The number of aliphatic hydroxyl groups is 1. The zero-order valence-electron chi connectivity index (χ0n) is 13.2. The standard InChI is InChI=1S/C17H18N2O4S/c1-11-18-13(12-5-3-2-4-6-12)14(24-11)15(20)19-9-7-17(23,8-10-19)16(21)22/h2-6,23H,7-10H2,1H3,(H,21,22). The molecule has 0 radical (unpaired) electrons. The number of aryl methyl sites for hydroxylation is 1. The highest BCUT2D eigenvalue weighted by Crippen LogP contribution is 2.31. The molecule has 0 aliphatic carbocycles. The van der Waals surface area contributed by atoms with Gasteiger partial charge in [-0.2, -0.15) is 0 Å². The molecule has 126 valence electrons. The van der Waals surface area contributed by atoms with Crippen LogP contribution in [0.3, 0.4) is 0 Å². The molecule has 7 heteroatoms. The third kappa shape index (κ3) is 3.05. The topological polar surface area (TPSA) is 90.7 Å². The minimum atomic E-state index is -1.73. The van der Waals surface area contributed by atoms with Crippen LogP contribution in [0.15, 0.2) is 30.3 Å². The van der Waals surface area contributed by atoms with Crippen LogP contribution in [0.1, 0.15) is 27.5 Å². The molecule has 1 saturated heterocycles. The van der Waals surface area contributed by atoms with E-state index in [1.54, 1.807) is 4.90 Å². The van der Waals surface area contributed by atoms with Crippen molar-refractivity contribution < 1.29 is 19.8 Å². The summed E-state index contributed by atoms with van der Waals surface area (Å²) < 4.78 is 0. The summed E-state index contributed by atoms with van der Waals surface area (Å²) in [5.74, 6) is -1.39. The Bertz CT molecular complexity index is 764. The Morgan fingerprint density at radius 3 is 2.42 bits per heavy atom. The monoisotopic (exact) mass is 346 g/mol. The van der Waals surface area contributed by atoms with Gasteiger partial charge in [-0.15, -0.1) is 11.3 Å². The van der Waals surface area contributed by atoms with E-state index >= 15 is 0 Å². The van der Waals surface area contributed by atoms with Gasteiger partial charge in [0, 0.05) is 31.5 Å². The maximum Gasteiger partial charge on any atom is 0.335 e. The van der Waals surface area contributed by atoms with Crippen LogP contribution in [0.5, 0.6) is 0 Å². The first kappa shape index (κ1) is 16.6. The normalized spacial score (nSPS) is 16.8. The molecular formula is C17H18N2O4S. The zero-order chi connectivity index (χ0) is 17.3. The lowest BCUT2D eigenvalue weighted by Crippen LogP contribution is -2.50. The number of likely N-dealkylation sites (tertiary alicyclic amines) is 1. The van der Waals surface area contributed by atoms with Crippen molar-refractivity contribution in [2.45, 2.75) is 25.4 Å². The molecular weight excluding hydrogens is 328 g/mol. The van der Waals surface area contributed by atoms with Crippen LogP contribution in [0, 0.1) is 6.92 Å². The molecule has 1 amide bonds. The minimum Gasteiger partial charge on any atom is -0.479 e. The number of benzene rings is 1. The molecule has 0 spiro atoms. The Morgan fingerprint density at radius 2 is 1.83 bits per heavy atom. The Kier molecular flexibility index (Phi) is 4.38. The fourth-order valence-corrected chi connectivity index (χ4v) is 3.71. The number of carboxylic acids is 1. The average molecular weight is 346 g/mol. The summed E-state index contributed by atoms with van der Waals surface area (Å²) in [6.07, 6.45) is 0.0685. The van der Waals surface area contributed by atoms with Gasteiger partial charge in [0.05, 0.1) is 10.7 Å². The van der Waals surface area contributed by atoms with Gasteiger partial charge in [0.2, 0.25) is 0 Å². The molecule has 2 aromatic rings. The van der Waals surface area contributed by atoms with Gasteiger partial charge in [-0.3, -0.25) is 4.79 Å². The number of carbonyl (C=O) groups excluding carboxylic acids is 1. The van der Waals surface area contributed by atoms with Gasteiger partial charge >= 0.3 is 5.97 Å². The zero-order valence-corrected chi connectivity index (χ0v) is 14.0. The van der Waals surface area contributed by atoms with Crippen molar-refractivity contribution in [3.8, 4) is 11.3 Å². The number of amides is 1. The van der Waals surface area contributed by atoms with Crippen molar-refractivity contribution >= 4 is 23.2 Å². The van der Waals surface area contributed by atoms with Crippen LogP contribution in [-0.2, 0) is 4.79 Å². The predicted octanol–water partition coefficient (Wildman–Crippen LogP) is 2.17. The first-order valence-electron chi connectivity index (χ1n) is 7.68. The average Bonchev–Trinajstić information content (AvgIpc) is 2.97. The van der Waals surface area contributed by atoms with Gasteiger partial charge in [-0.05, 0) is 6.92 Å². The van der Waals surface area contributed by atoms with E-state index in [0.717, 1.165) is 10.6 Å². The van der Waals surface area contributed by atoms with Gasteiger partial charge in [0.1, 0.15) is 4.88 Å². The molecule has 24 heavy (non-hydrogen) atoms. The second-order valence-corrected chi connectivity index (χ2v) is 7.11. The molecule has 6 nitrogen and oxygen atoms in total. The summed E-state index contributed by atoms with van der Waals surface area (Å²) in [5.41, 5.74) is -0.200. The number of thiazole rings is 1. The Labute approximate surface area is 143 Å². The van der Waals surface area contributed by atoms with Crippen molar-refractivity contribution in [1.82, 2.24) is 9.88 Å². The highest BCUT2D eigenvalue weighted by atomic mass is 32.1. The van der Waals surface area contributed by atoms with Crippen LogP contribution >= 0.6 is 11.3 Å². The van der Waals surface area contributed by atoms with Crippen LogP contribution in [-0.4, -0.2) is 50.7 Å². The fraction of sp³-hybridized carbons (Fsp3) is 0.353. The summed E-state index contributed by atoms with van der Waals surface area (Å²) in [6.45, 7) is 2.28. The number of aromatic nitrogens is 1. The smallest absolute Gasteiger partial charge is 0.335 e. The quantitative estimate of drug-likeness (QED) is 0.889. The highest BCUT2D eigenvalue weighted by molar-refractivity contribution is 7.14. The maximum absolute atomic E-state index is 12.9. The minimum absolute atomic E-state index is 0.0343. The summed E-state index contributed by atoms with van der Waals surface area (Å²) in [4.78, 5) is 30.6. The lowest BCUT2D eigenvalue weighted by molar-refractivity contribution is -0.162. The van der Waals surface area contributed by atoms with Crippen molar-refractivity contribution in [3.63, 3.8) is 0 Å². The van der Waals surface area contributed by atoms with E-state index in [9.17, 15) is 14.7 Å². The Morgan fingerprint density at radius 1 is 1.21 bits per heavy atom. The van der Waals surface area contributed by atoms with E-state index in [2.05, 4.69) is 4.98 Å². The number of piperidine rings is 1. The van der Waals surface area contributed by atoms with E-state index in [1.165, 1.54) is 11.3 Å². The number of hydrogen-bond acceptors (Lipinski definition) is 5. The van der Waals surface area contributed by atoms with E-state index in [0.29, 0.717) is 10.6 Å². The van der Waals surface area contributed by atoms with Crippen LogP contribution in [0.25, 0.3) is 11.3 Å². The second-order valence-electron chi connectivity index (χ2n) is 5.91. The predicted molar refractivity (Wildman–Crippen MR) is 90.0 cm³/mol. The molecule has 0 saturated carbocycles. The van der Waals surface area contributed by atoms with E-state index in [-0.39, 0.29) is 31.8 Å². The molecule has 1 aromatic heterocycles. The SMILES string of the molecule is Cc1nc(-c2ccccc2)c(C(=O)N2CCC(O)(C(=O)O)CC2)s1. The number of carboxylic acid groups (broad SMARTS) is 1. The molecule has 1 fully saturated rings. The number of aliphatic carboxylic acids is 1. The van der Waals surface area contributed by atoms with Crippen LogP contribution in [0.2, 0.25) is 0 Å². The van der Waals surface area contributed by atoms with Gasteiger partial charge in [-0.25, -0.2) is 9.78 Å². The van der Waals surface area contributed by atoms with E-state index in [4.69, 9.17) is 5.11 Å². The van der Waals surface area contributed by atoms with Crippen LogP contribution < -0.4 is 0 Å². The molecule has 0 unspecified atom stereocenters. The van der Waals surface area contributed by atoms with Crippen molar-refractivity contribution in [2.24, 2.45) is 0 Å². The summed E-state index contributed by atoms with van der Waals surface area (Å²) >= 11 is 1.34. The number of nitrogens with zero attached hydrogens (tertiary/aromatic N) is 2. The summed E-state index contributed by atoms with van der Waals surface area (Å²) in [7, 11) is 0. The fourth-order valence-electron chi connectivity index (χ4n) is 2.80. The van der Waals surface area contributed by atoms with Gasteiger partial charge in [-0.1, -0.05) is 30.3 Å². The van der Waals surface area contributed by atoms with Crippen LogP contribution in [0.4, 0.5) is 0 Å². The summed E-state index contributed by atoms with van der Waals surface area (Å²) in [6, 6.07) is 9.51. The van der Waals surface area contributed by atoms with Crippen molar-refractivity contribution in [2.75, 3.05) is 13.1 Å². The van der Waals surface area contributed by atoms with Gasteiger partial charge < -0.3 is 15.1 Å². The molecule has 1 aliphatic heterocycles. The number of rotatable bonds is 3. The Balaban J connectivity index is 1.83. The third-order valence-electron chi connectivity index (χ3n) is 4.25. The number of hydrogen-bond donors (Lipinski definition) is 2. The number of carbonyl (C=O) groups is 2. The van der Waals surface area contributed by atoms with E-state index in [1.807, 2.05) is 37.3 Å². The highest BCUT2D eigenvalue weighted by Gasteiger charge is 2.41. The van der Waals surface area contributed by atoms with E-state index < -0.39 is 11.6 Å². The second kappa shape index (κ2) is 6.33. The molecule has 3 rings (SSSR count). The molecule has 1 aliphatic rings. The molecule has 0 atom stereocenters. The molecule has 2 N–H and O–H groups in total. The maximum atomic E-state index is 12.9. The van der Waals surface area contributed by atoms with Gasteiger partial charge in [0.15, 0.2) is 5.60 Å². The third-order valence-corrected chi connectivity index (χ3v) is 5.21. The van der Waals surface area contributed by atoms with Crippen molar-refractivity contribution in [3.05, 3.63) is 40.2 Å². The van der Waals surface area contributed by atoms with Gasteiger partial charge in [0.25, 0.3) is 5.91 Å². The summed E-state index contributed by atoms with van der Waals surface area (Å²) in [5, 5.41) is 19.9. The Hall–Kier alpha value is -2.25. The lowest BCUT2D eigenvalue weighted by Gasteiger charge is -2.35. The first-order chi connectivity index (χ1) is 11.4.